The Hall–Kier alpha value is -3.15. The van der Waals surface area contributed by atoms with Gasteiger partial charge >= 0.3 is 0 Å². The van der Waals surface area contributed by atoms with Gasteiger partial charge in [-0.2, -0.15) is 0 Å². The Balaban J connectivity index is 1.24. The standard InChI is InChI=1S/C27H32N4O2/c1-31-24-13-7-3-9-19(24)16-25(31)27(33)30-23-12-6-4-10-21(23)26(32)28-17-20-15-14-18-8-2-5-11-22(18)29-20/h3,7,9,13-16,21,23H,2,4-6,8,10-12,17H2,1H3,(H,28,32)(H,30,33)/t21-,23+/m1/s1. The average molecular weight is 445 g/mol. The molecule has 0 spiro atoms. The van der Waals surface area contributed by atoms with Crippen LogP contribution in [0.5, 0.6) is 0 Å². The number of aryl methyl sites for hydroxylation is 3. The van der Waals surface area contributed by atoms with Crippen LogP contribution >= 0.6 is 0 Å². The van der Waals surface area contributed by atoms with Crippen LogP contribution in [0.1, 0.15) is 66.0 Å². The molecule has 0 aliphatic heterocycles. The van der Waals surface area contributed by atoms with Crippen molar-refractivity contribution in [2.24, 2.45) is 13.0 Å². The van der Waals surface area contributed by atoms with Gasteiger partial charge in [-0.1, -0.05) is 37.1 Å². The highest BCUT2D eigenvalue weighted by Crippen LogP contribution is 2.26. The molecule has 0 bridgehead atoms. The molecule has 2 atom stereocenters. The largest absolute Gasteiger partial charge is 0.350 e. The zero-order valence-corrected chi connectivity index (χ0v) is 19.3. The first kappa shape index (κ1) is 21.7. The minimum atomic E-state index is -0.213. The molecule has 5 rings (SSSR count). The lowest BCUT2D eigenvalue weighted by Gasteiger charge is -2.31. The number of aromatic nitrogens is 2. The molecule has 1 aromatic carbocycles. The van der Waals surface area contributed by atoms with E-state index in [0.29, 0.717) is 12.2 Å². The molecular weight excluding hydrogens is 412 g/mol. The Bertz CT molecular complexity index is 1180. The second kappa shape index (κ2) is 9.38. The fraction of sp³-hybridized carbons (Fsp3) is 0.444. The third kappa shape index (κ3) is 4.52. The predicted octanol–water partition coefficient (Wildman–Crippen LogP) is 4.06. The number of carbonyl (C=O) groups excluding carboxylic acids is 2. The fourth-order valence-corrected chi connectivity index (χ4v) is 5.40. The van der Waals surface area contributed by atoms with E-state index in [1.54, 1.807) is 0 Å². The molecule has 2 amide bonds. The second-order valence-electron chi connectivity index (χ2n) is 9.45. The summed E-state index contributed by atoms with van der Waals surface area (Å²) in [6.45, 7) is 0.437. The Morgan fingerprint density at radius 2 is 1.85 bits per heavy atom. The predicted molar refractivity (Wildman–Crippen MR) is 129 cm³/mol. The van der Waals surface area contributed by atoms with Crippen LogP contribution in [0.25, 0.3) is 10.9 Å². The molecule has 3 aromatic rings. The summed E-state index contributed by atoms with van der Waals surface area (Å²) in [4.78, 5) is 31.0. The van der Waals surface area contributed by atoms with Gasteiger partial charge < -0.3 is 15.2 Å². The molecule has 2 N–H and O–H groups in total. The van der Waals surface area contributed by atoms with Gasteiger partial charge in [0.15, 0.2) is 0 Å². The lowest BCUT2D eigenvalue weighted by molar-refractivity contribution is -0.126. The summed E-state index contributed by atoms with van der Waals surface area (Å²) in [5.74, 6) is -0.318. The van der Waals surface area contributed by atoms with Gasteiger partial charge in [0, 0.05) is 29.7 Å². The maximum atomic E-state index is 13.1. The topological polar surface area (TPSA) is 76.0 Å². The zero-order chi connectivity index (χ0) is 22.8. The van der Waals surface area contributed by atoms with E-state index in [1.165, 1.54) is 24.1 Å². The SMILES string of the molecule is Cn1c(C(=O)N[C@H]2CCCC[C@H]2C(=O)NCc2ccc3c(n2)CCCC3)cc2ccccc21. The molecule has 6 nitrogen and oxygen atoms in total. The number of nitrogens with one attached hydrogen (secondary N) is 2. The molecule has 1 fully saturated rings. The number of para-hydroxylation sites is 1. The molecule has 1 saturated carbocycles. The molecule has 0 unspecified atom stereocenters. The van der Waals surface area contributed by atoms with Crippen molar-refractivity contribution in [3.63, 3.8) is 0 Å². The zero-order valence-electron chi connectivity index (χ0n) is 19.3. The lowest BCUT2D eigenvalue weighted by atomic mass is 9.83. The minimum Gasteiger partial charge on any atom is -0.350 e. The van der Waals surface area contributed by atoms with E-state index in [4.69, 9.17) is 4.98 Å². The number of benzene rings is 1. The van der Waals surface area contributed by atoms with E-state index in [2.05, 4.69) is 16.7 Å². The van der Waals surface area contributed by atoms with E-state index in [9.17, 15) is 9.59 Å². The van der Waals surface area contributed by atoms with Gasteiger partial charge in [-0.15, -0.1) is 0 Å². The van der Waals surface area contributed by atoms with Crippen molar-refractivity contribution in [3.05, 3.63) is 65.1 Å². The number of amides is 2. The molecule has 2 aliphatic carbocycles. The van der Waals surface area contributed by atoms with Crippen molar-refractivity contribution in [2.75, 3.05) is 0 Å². The number of hydrogen-bond acceptors (Lipinski definition) is 3. The van der Waals surface area contributed by atoms with Gasteiger partial charge in [0.25, 0.3) is 5.91 Å². The van der Waals surface area contributed by atoms with E-state index >= 15 is 0 Å². The highest BCUT2D eigenvalue weighted by molar-refractivity contribution is 5.99. The minimum absolute atomic E-state index is 0.0107. The van der Waals surface area contributed by atoms with Crippen molar-refractivity contribution in [1.82, 2.24) is 20.2 Å². The molecule has 2 heterocycles. The summed E-state index contributed by atoms with van der Waals surface area (Å²) < 4.78 is 1.92. The first-order valence-corrected chi connectivity index (χ1v) is 12.2. The van der Waals surface area contributed by atoms with Crippen LogP contribution < -0.4 is 10.6 Å². The molecule has 0 saturated heterocycles. The smallest absolute Gasteiger partial charge is 0.268 e. The molecule has 172 valence electrons. The summed E-state index contributed by atoms with van der Waals surface area (Å²) in [6, 6.07) is 13.9. The van der Waals surface area contributed by atoms with Crippen LogP contribution in [0.3, 0.4) is 0 Å². The van der Waals surface area contributed by atoms with Crippen LogP contribution in [-0.2, 0) is 31.2 Å². The van der Waals surface area contributed by atoms with E-state index in [-0.39, 0.29) is 23.8 Å². The quantitative estimate of drug-likeness (QED) is 0.623. The molecule has 2 aromatic heterocycles. The Labute approximate surface area is 194 Å². The number of fused-ring (bicyclic) bond motifs is 2. The molecule has 2 aliphatic rings. The van der Waals surface area contributed by atoms with E-state index in [1.807, 2.05) is 48.0 Å². The van der Waals surface area contributed by atoms with E-state index < -0.39 is 0 Å². The first-order valence-electron chi connectivity index (χ1n) is 12.2. The summed E-state index contributed by atoms with van der Waals surface area (Å²) in [5.41, 5.74) is 5.10. The molecule has 0 radical (unpaired) electrons. The van der Waals surface area contributed by atoms with Gasteiger partial charge in [0.2, 0.25) is 5.91 Å². The van der Waals surface area contributed by atoms with Crippen LogP contribution in [0, 0.1) is 5.92 Å². The molecular formula is C27H32N4O2. The van der Waals surface area contributed by atoms with Crippen molar-refractivity contribution >= 4 is 22.7 Å². The van der Waals surface area contributed by atoms with Crippen molar-refractivity contribution in [2.45, 2.75) is 64.0 Å². The second-order valence-corrected chi connectivity index (χ2v) is 9.45. The summed E-state index contributed by atoms with van der Waals surface area (Å²) in [6.07, 6.45) is 8.21. The average Bonchev–Trinajstić information content (AvgIpc) is 3.19. The normalized spacial score (nSPS) is 20.3. The third-order valence-corrected chi connectivity index (χ3v) is 7.28. The number of hydrogen-bond donors (Lipinski definition) is 2. The third-order valence-electron chi connectivity index (χ3n) is 7.28. The maximum absolute atomic E-state index is 13.1. The van der Waals surface area contributed by atoms with Crippen molar-refractivity contribution in [3.8, 4) is 0 Å². The highest BCUT2D eigenvalue weighted by atomic mass is 16.2. The number of rotatable bonds is 5. The van der Waals surface area contributed by atoms with Crippen molar-refractivity contribution in [1.29, 1.82) is 0 Å². The first-order chi connectivity index (χ1) is 16.1. The lowest BCUT2D eigenvalue weighted by Crippen LogP contribution is -2.48. The summed E-state index contributed by atoms with van der Waals surface area (Å²) in [5, 5.41) is 7.31. The van der Waals surface area contributed by atoms with Gasteiger partial charge in [0.1, 0.15) is 5.69 Å². The summed E-state index contributed by atoms with van der Waals surface area (Å²) >= 11 is 0. The van der Waals surface area contributed by atoms with Crippen LogP contribution in [0.4, 0.5) is 0 Å². The summed E-state index contributed by atoms with van der Waals surface area (Å²) in [7, 11) is 1.91. The maximum Gasteiger partial charge on any atom is 0.268 e. The van der Waals surface area contributed by atoms with Gasteiger partial charge in [-0.3, -0.25) is 14.6 Å². The Morgan fingerprint density at radius 1 is 1.03 bits per heavy atom. The van der Waals surface area contributed by atoms with Gasteiger partial charge in [-0.05, 0) is 62.3 Å². The number of carbonyl (C=O) groups is 2. The fourth-order valence-electron chi connectivity index (χ4n) is 5.40. The number of pyridine rings is 1. The molecule has 6 heteroatoms. The Kier molecular flexibility index (Phi) is 6.16. The van der Waals surface area contributed by atoms with Crippen LogP contribution in [-0.4, -0.2) is 27.4 Å². The Morgan fingerprint density at radius 3 is 2.73 bits per heavy atom. The highest BCUT2D eigenvalue weighted by Gasteiger charge is 2.32. The van der Waals surface area contributed by atoms with Crippen LogP contribution in [0.2, 0.25) is 0 Å². The monoisotopic (exact) mass is 444 g/mol. The van der Waals surface area contributed by atoms with E-state index in [0.717, 1.165) is 55.1 Å². The van der Waals surface area contributed by atoms with Gasteiger partial charge in [-0.25, -0.2) is 0 Å². The van der Waals surface area contributed by atoms with Crippen LogP contribution in [0.15, 0.2) is 42.5 Å². The number of nitrogens with zero attached hydrogens (tertiary/aromatic N) is 2. The molecule has 33 heavy (non-hydrogen) atoms. The van der Waals surface area contributed by atoms with Gasteiger partial charge in [0.05, 0.1) is 18.2 Å². The van der Waals surface area contributed by atoms with Crippen molar-refractivity contribution < 1.29 is 9.59 Å².